The van der Waals surface area contributed by atoms with Crippen LogP contribution in [0.3, 0.4) is 0 Å². The van der Waals surface area contributed by atoms with Crippen LogP contribution in [0.5, 0.6) is 6.01 Å². The minimum atomic E-state index is -4.79. The summed E-state index contributed by atoms with van der Waals surface area (Å²) in [7, 11) is 0. The van der Waals surface area contributed by atoms with Gasteiger partial charge in [0.25, 0.3) is 0 Å². The van der Waals surface area contributed by atoms with E-state index < -0.39 is 40.9 Å². The maximum absolute atomic E-state index is 15.1. The topological polar surface area (TPSA) is 88.8 Å². The lowest BCUT2D eigenvalue weighted by molar-refractivity contribution is -0.140. The van der Waals surface area contributed by atoms with E-state index in [1.807, 2.05) is 0 Å². The molecule has 1 aromatic carbocycles. The van der Waals surface area contributed by atoms with Crippen LogP contribution in [-0.4, -0.2) is 71.4 Å². The highest BCUT2D eigenvalue weighted by Gasteiger charge is 2.49. The molecule has 2 aromatic rings. The van der Waals surface area contributed by atoms with Crippen LogP contribution < -0.4 is 20.7 Å². The van der Waals surface area contributed by atoms with Gasteiger partial charge in [-0.05, 0) is 44.4 Å². The molecule has 1 aromatic heterocycles. The number of alkyl halides is 4. The van der Waals surface area contributed by atoms with Gasteiger partial charge < -0.3 is 25.4 Å². The number of nitrogens with two attached hydrogens (primary N) is 1. The van der Waals surface area contributed by atoms with Gasteiger partial charge in [-0.15, -0.1) is 0 Å². The highest BCUT2D eigenvalue weighted by atomic mass is 19.4. The Balaban J connectivity index is 1.24. The molecule has 2 unspecified atom stereocenters. The third-order valence-electron chi connectivity index (χ3n) is 9.44. The van der Waals surface area contributed by atoms with Gasteiger partial charge in [0, 0.05) is 55.7 Å². The standard InChI is InChI=1S/C28H33F5N6O2/c29-15-9-27(6-1-7-39(27)10-15)14-41-26-36-21-8-22(23-19(28(31,32)33)4-5-20(34)24(23)30)40-13-18(21)25(37-26)38-11-16-2-3-17(12-38)35-16/h4-5,15-17,22,35H,1-3,6-14,34H2/t15-,16?,17?,22+,27+/m1/s1. The summed E-state index contributed by atoms with van der Waals surface area (Å²) in [5.74, 6) is -0.512. The largest absolute Gasteiger partial charge is 0.461 e. The summed E-state index contributed by atoms with van der Waals surface area (Å²) in [5.41, 5.74) is 4.26. The molecule has 8 nitrogen and oxygen atoms in total. The summed E-state index contributed by atoms with van der Waals surface area (Å²) < 4.78 is 83.2. The van der Waals surface area contributed by atoms with Gasteiger partial charge in [-0.25, -0.2) is 8.78 Å². The van der Waals surface area contributed by atoms with E-state index in [1.165, 1.54) is 0 Å². The zero-order valence-corrected chi connectivity index (χ0v) is 22.5. The molecule has 7 rings (SSSR count). The molecule has 2 bridgehead atoms. The number of nitrogens with one attached hydrogen (secondary N) is 1. The summed E-state index contributed by atoms with van der Waals surface area (Å²) in [6.45, 7) is 2.77. The van der Waals surface area contributed by atoms with Crippen molar-refractivity contribution >= 4 is 11.5 Å². The second-order valence-corrected chi connectivity index (χ2v) is 12.1. The van der Waals surface area contributed by atoms with Gasteiger partial charge in [-0.3, -0.25) is 4.90 Å². The predicted octanol–water partition coefficient (Wildman–Crippen LogP) is 3.93. The lowest BCUT2D eigenvalue weighted by Gasteiger charge is -2.37. The summed E-state index contributed by atoms with van der Waals surface area (Å²) in [4.78, 5) is 13.7. The fourth-order valence-corrected chi connectivity index (χ4v) is 7.53. The van der Waals surface area contributed by atoms with Crippen molar-refractivity contribution in [3.63, 3.8) is 0 Å². The molecule has 0 spiro atoms. The Morgan fingerprint density at radius 2 is 1.93 bits per heavy atom. The Kier molecular flexibility index (Phi) is 6.55. The van der Waals surface area contributed by atoms with Crippen molar-refractivity contribution in [1.29, 1.82) is 0 Å². The van der Waals surface area contributed by atoms with E-state index in [4.69, 9.17) is 20.2 Å². The van der Waals surface area contributed by atoms with Crippen molar-refractivity contribution in [2.75, 3.05) is 43.4 Å². The first-order chi connectivity index (χ1) is 19.6. The van der Waals surface area contributed by atoms with Crippen molar-refractivity contribution in [3.8, 4) is 6.01 Å². The molecule has 5 aliphatic heterocycles. The normalized spacial score (nSPS) is 31.4. The number of halogens is 5. The Hall–Kier alpha value is -2.77. The quantitative estimate of drug-likeness (QED) is 0.407. The Labute approximate surface area is 234 Å². The van der Waals surface area contributed by atoms with E-state index in [2.05, 4.69) is 20.1 Å². The molecular formula is C28H33F5N6O2. The van der Waals surface area contributed by atoms with E-state index in [0.717, 1.165) is 44.4 Å². The second-order valence-electron chi connectivity index (χ2n) is 12.1. The van der Waals surface area contributed by atoms with Crippen LogP contribution in [-0.2, 0) is 23.9 Å². The number of nitrogens with zero attached hydrogens (tertiary/aromatic N) is 4. The Bertz CT molecular complexity index is 1330. The summed E-state index contributed by atoms with van der Waals surface area (Å²) in [6, 6.07) is 2.42. The average Bonchev–Trinajstić information content (AvgIpc) is 3.57. The molecule has 41 heavy (non-hydrogen) atoms. The second kappa shape index (κ2) is 9.91. The molecule has 4 saturated heterocycles. The van der Waals surface area contributed by atoms with E-state index >= 15 is 4.39 Å². The first-order valence-corrected chi connectivity index (χ1v) is 14.3. The zero-order chi connectivity index (χ0) is 28.5. The number of fused-ring (bicyclic) bond motifs is 4. The minimum absolute atomic E-state index is 0.0817. The van der Waals surface area contributed by atoms with Crippen molar-refractivity contribution < 1.29 is 31.4 Å². The molecule has 222 valence electrons. The van der Waals surface area contributed by atoms with Gasteiger partial charge in [-0.1, -0.05) is 0 Å². The molecule has 6 heterocycles. The molecule has 0 amide bonds. The third kappa shape index (κ3) is 4.79. The van der Waals surface area contributed by atoms with Gasteiger partial charge >= 0.3 is 12.2 Å². The van der Waals surface area contributed by atoms with Crippen molar-refractivity contribution in [2.24, 2.45) is 0 Å². The van der Waals surface area contributed by atoms with Crippen molar-refractivity contribution in [2.45, 2.75) is 81.2 Å². The highest BCUT2D eigenvalue weighted by Crippen LogP contribution is 2.44. The van der Waals surface area contributed by atoms with E-state index in [0.29, 0.717) is 55.2 Å². The fraction of sp³-hybridized carbons (Fsp3) is 0.643. The smallest absolute Gasteiger partial charge is 0.416 e. The summed E-state index contributed by atoms with van der Waals surface area (Å²) in [6.07, 6.45) is -2.79. The van der Waals surface area contributed by atoms with Gasteiger partial charge in [0.05, 0.1) is 35.2 Å². The van der Waals surface area contributed by atoms with Crippen molar-refractivity contribution in [3.05, 3.63) is 40.3 Å². The number of ether oxygens (including phenoxy) is 2. The Morgan fingerprint density at radius 3 is 2.68 bits per heavy atom. The molecule has 5 atom stereocenters. The van der Waals surface area contributed by atoms with E-state index in [9.17, 15) is 17.6 Å². The Morgan fingerprint density at radius 1 is 1.15 bits per heavy atom. The zero-order valence-electron chi connectivity index (χ0n) is 22.5. The number of benzene rings is 1. The molecule has 5 aliphatic rings. The predicted molar refractivity (Wildman–Crippen MR) is 140 cm³/mol. The molecule has 0 saturated carbocycles. The lowest BCUT2D eigenvalue weighted by atomic mass is 9.93. The molecule has 0 radical (unpaired) electrons. The monoisotopic (exact) mass is 580 g/mol. The first kappa shape index (κ1) is 27.1. The number of piperazine rings is 1. The lowest BCUT2D eigenvalue weighted by Crippen LogP contribution is -2.52. The average molecular weight is 581 g/mol. The molecule has 3 N–H and O–H groups in total. The summed E-state index contributed by atoms with van der Waals surface area (Å²) in [5, 5.41) is 3.59. The number of nitrogen functional groups attached to an aromatic ring is 1. The number of hydrogen-bond donors (Lipinski definition) is 2. The number of anilines is 2. The number of rotatable bonds is 5. The molecular weight excluding hydrogens is 547 g/mol. The van der Waals surface area contributed by atoms with E-state index in [1.54, 1.807) is 0 Å². The number of hydrogen-bond acceptors (Lipinski definition) is 8. The van der Waals surface area contributed by atoms with Crippen LogP contribution in [0.15, 0.2) is 12.1 Å². The fourth-order valence-electron chi connectivity index (χ4n) is 7.53. The van der Waals surface area contributed by atoms with Gasteiger partial charge in [0.2, 0.25) is 0 Å². The first-order valence-electron chi connectivity index (χ1n) is 14.3. The van der Waals surface area contributed by atoms with Gasteiger partial charge in [-0.2, -0.15) is 23.1 Å². The minimum Gasteiger partial charge on any atom is -0.461 e. The van der Waals surface area contributed by atoms with Crippen LogP contribution >= 0.6 is 0 Å². The van der Waals surface area contributed by atoms with Crippen molar-refractivity contribution in [1.82, 2.24) is 20.2 Å². The van der Waals surface area contributed by atoms with Gasteiger partial charge in [0.15, 0.2) is 5.82 Å². The van der Waals surface area contributed by atoms with Crippen LogP contribution in [0, 0.1) is 5.82 Å². The highest BCUT2D eigenvalue weighted by molar-refractivity contribution is 5.53. The van der Waals surface area contributed by atoms with Crippen LogP contribution in [0.1, 0.15) is 60.6 Å². The third-order valence-corrected chi connectivity index (χ3v) is 9.44. The number of aromatic nitrogens is 2. The maximum atomic E-state index is 15.1. The molecule has 0 aliphatic carbocycles. The van der Waals surface area contributed by atoms with Crippen LogP contribution in [0.4, 0.5) is 33.5 Å². The van der Waals surface area contributed by atoms with Crippen LogP contribution in [0.25, 0.3) is 0 Å². The summed E-state index contributed by atoms with van der Waals surface area (Å²) >= 11 is 0. The maximum Gasteiger partial charge on any atom is 0.416 e. The molecule has 4 fully saturated rings. The SMILES string of the molecule is Nc1ccc(C(F)(F)F)c([C@@H]2Cc3nc(OC[C@@]45CCCN4C[C@H](F)C5)nc(N4CC5CCC(C4)N5)c3CO2)c1F. The van der Waals surface area contributed by atoms with Crippen LogP contribution in [0.2, 0.25) is 0 Å². The van der Waals surface area contributed by atoms with E-state index in [-0.39, 0.29) is 31.3 Å². The van der Waals surface area contributed by atoms with Gasteiger partial charge in [0.1, 0.15) is 18.6 Å². The molecule has 13 heteroatoms.